The maximum absolute atomic E-state index is 11.7. The third-order valence-electron chi connectivity index (χ3n) is 2.69. The normalized spacial score (nSPS) is 19.4. The lowest BCUT2D eigenvalue weighted by Crippen LogP contribution is -2.34. The van der Waals surface area contributed by atoms with E-state index < -0.39 is 0 Å². The predicted molar refractivity (Wildman–Crippen MR) is 58.8 cm³/mol. The van der Waals surface area contributed by atoms with Gasteiger partial charge < -0.3 is 10.1 Å². The van der Waals surface area contributed by atoms with Gasteiger partial charge in [-0.1, -0.05) is 24.6 Å². The first-order valence-corrected chi connectivity index (χ1v) is 5.17. The van der Waals surface area contributed by atoms with Crippen molar-refractivity contribution in [3.05, 3.63) is 28.3 Å². The van der Waals surface area contributed by atoms with Gasteiger partial charge in [0, 0.05) is 6.54 Å². The van der Waals surface area contributed by atoms with Crippen molar-refractivity contribution in [3.63, 3.8) is 0 Å². The summed E-state index contributed by atoms with van der Waals surface area (Å²) in [4.78, 5) is 11.7. The first-order chi connectivity index (χ1) is 7.15. The molecule has 1 heterocycles. The van der Waals surface area contributed by atoms with Crippen molar-refractivity contribution < 1.29 is 9.53 Å². The summed E-state index contributed by atoms with van der Waals surface area (Å²) in [6.45, 7) is 2.72. The number of methoxy groups -OCH3 is 1. The fourth-order valence-electron chi connectivity index (χ4n) is 1.82. The van der Waals surface area contributed by atoms with E-state index in [0.717, 1.165) is 5.56 Å². The number of hydrogen-bond acceptors (Lipinski definition) is 2. The number of carbonyl (C=O) groups is 1. The predicted octanol–water partition coefficient (Wildman–Crippen LogP) is 2.20. The minimum absolute atomic E-state index is 0.119. The molecule has 0 saturated carbocycles. The van der Waals surface area contributed by atoms with Gasteiger partial charge in [0.25, 0.3) is 5.91 Å². The molecule has 1 atom stereocenters. The molecule has 3 nitrogen and oxygen atoms in total. The second kappa shape index (κ2) is 3.74. The van der Waals surface area contributed by atoms with Crippen LogP contribution in [0.1, 0.15) is 28.8 Å². The Balaban J connectivity index is 2.63. The number of ether oxygens (including phenoxy) is 1. The van der Waals surface area contributed by atoms with Gasteiger partial charge in [0.05, 0.1) is 17.7 Å². The van der Waals surface area contributed by atoms with Gasteiger partial charge in [-0.25, -0.2) is 0 Å². The molecular formula is C11H12ClNO2. The molecule has 0 bridgehead atoms. The van der Waals surface area contributed by atoms with E-state index in [9.17, 15) is 4.79 Å². The molecule has 0 aromatic heterocycles. The van der Waals surface area contributed by atoms with Crippen molar-refractivity contribution in [3.8, 4) is 5.75 Å². The molecule has 1 N–H and O–H groups in total. The van der Waals surface area contributed by atoms with E-state index in [2.05, 4.69) is 12.2 Å². The van der Waals surface area contributed by atoms with Crippen LogP contribution in [0.2, 0.25) is 5.02 Å². The Hall–Kier alpha value is -1.22. The van der Waals surface area contributed by atoms with Gasteiger partial charge in [-0.05, 0) is 17.5 Å². The monoisotopic (exact) mass is 225 g/mol. The highest BCUT2D eigenvalue weighted by Gasteiger charge is 2.26. The fourth-order valence-corrected chi connectivity index (χ4v) is 2.15. The van der Waals surface area contributed by atoms with Crippen LogP contribution in [-0.2, 0) is 0 Å². The molecule has 0 fully saturated rings. The molecule has 1 aliphatic rings. The summed E-state index contributed by atoms with van der Waals surface area (Å²) in [5.41, 5.74) is 1.54. The molecule has 1 unspecified atom stereocenters. The Labute approximate surface area is 93.4 Å². The van der Waals surface area contributed by atoms with Crippen molar-refractivity contribution in [2.24, 2.45) is 0 Å². The molecule has 2 rings (SSSR count). The van der Waals surface area contributed by atoms with E-state index in [1.165, 1.54) is 7.11 Å². The van der Waals surface area contributed by atoms with Crippen molar-refractivity contribution >= 4 is 17.5 Å². The number of carbonyl (C=O) groups excluding carboxylic acids is 1. The number of rotatable bonds is 1. The van der Waals surface area contributed by atoms with Crippen LogP contribution in [0.15, 0.2) is 12.1 Å². The standard InChI is InChI=1S/C11H12ClNO2/c1-6-5-13-11(14)9-7(6)3-4-8(15-2)10(9)12/h3-4,6H,5H2,1-2H3,(H,13,14). The number of fused-ring (bicyclic) bond motifs is 1. The van der Waals surface area contributed by atoms with Gasteiger partial charge in [-0.3, -0.25) is 4.79 Å². The van der Waals surface area contributed by atoms with Crippen LogP contribution in [0.5, 0.6) is 5.75 Å². The third kappa shape index (κ3) is 1.57. The number of nitrogens with one attached hydrogen (secondary N) is 1. The smallest absolute Gasteiger partial charge is 0.253 e. The molecular weight excluding hydrogens is 214 g/mol. The van der Waals surface area contributed by atoms with E-state index in [1.54, 1.807) is 6.07 Å². The first-order valence-electron chi connectivity index (χ1n) is 4.79. The lowest BCUT2D eigenvalue weighted by atomic mass is 9.91. The van der Waals surface area contributed by atoms with Crippen LogP contribution in [0.25, 0.3) is 0 Å². The van der Waals surface area contributed by atoms with E-state index in [1.807, 2.05) is 6.07 Å². The van der Waals surface area contributed by atoms with Crippen molar-refractivity contribution in [2.45, 2.75) is 12.8 Å². The Bertz CT molecular complexity index is 417. The number of amides is 1. The summed E-state index contributed by atoms with van der Waals surface area (Å²) in [6.07, 6.45) is 0. The zero-order valence-corrected chi connectivity index (χ0v) is 9.39. The van der Waals surface area contributed by atoms with E-state index in [4.69, 9.17) is 16.3 Å². The van der Waals surface area contributed by atoms with Crippen molar-refractivity contribution in [1.82, 2.24) is 5.32 Å². The molecule has 0 spiro atoms. The second-order valence-electron chi connectivity index (χ2n) is 3.66. The van der Waals surface area contributed by atoms with Crippen LogP contribution in [0.3, 0.4) is 0 Å². The summed E-state index contributed by atoms with van der Waals surface area (Å²) in [7, 11) is 1.54. The average Bonchev–Trinajstić information content (AvgIpc) is 2.23. The Morgan fingerprint density at radius 3 is 2.93 bits per heavy atom. The summed E-state index contributed by atoms with van der Waals surface area (Å²) in [6, 6.07) is 3.71. The van der Waals surface area contributed by atoms with Crippen LogP contribution >= 0.6 is 11.6 Å². The Kier molecular flexibility index (Phi) is 2.57. The largest absolute Gasteiger partial charge is 0.495 e. The highest BCUT2D eigenvalue weighted by molar-refractivity contribution is 6.35. The van der Waals surface area contributed by atoms with Crippen LogP contribution in [-0.4, -0.2) is 19.6 Å². The van der Waals surface area contributed by atoms with Crippen LogP contribution in [0, 0.1) is 0 Å². The highest BCUT2D eigenvalue weighted by atomic mass is 35.5. The molecule has 1 aromatic rings. The van der Waals surface area contributed by atoms with Gasteiger partial charge in [0.15, 0.2) is 0 Å². The van der Waals surface area contributed by atoms with Gasteiger partial charge >= 0.3 is 0 Å². The minimum atomic E-state index is -0.119. The quantitative estimate of drug-likeness (QED) is 0.796. The van der Waals surface area contributed by atoms with Gasteiger partial charge in [-0.2, -0.15) is 0 Å². The van der Waals surface area contributed by atoms with E-state index in [-0.39, 0.29) is 5.91 Å². The molecule has 1 aromatic carbocycles. The Morgan fingerprint density at radius 1 is 1.53 bits per heavy atom. The molecule has 15 heavy (non-hydrogen) atoms. The van der Waals surface area contributed by atoms with Gasteiger partial charge in [0.2, 0.25) is 0 Å². The van der Waals surface area contributed by atoms with E-state index in [0.29, 0.717) is 28.8 Å². The molecule has 0 aliphatic carbocycles. The minimum Gasteiger partial charge on any atom is -0.495 e. The summed E-state index contributed by atoms with van der Waals surface area (Å²) < 4.78 is 5.08. The first kappa shape index (κ1) is 10.3. The second-order valence-corrected chi connectivity index (χ2v) is 4.04. The average molecular weight is 226 g/mol. The summed E-state index contributed by atoms with van der Waals surface area (Å²) in [5.74, 6) is 0.716. The molecule has 4 heteroatoms. The number of hydrogen-bond donors (Lipinski definition) is 1. The van der Waals surface area contributed by atoms with Crippen molar-refractivity contribution in [1.29, 1.82) is 0 Å². The van der Waals surface area contributed by atoms with Gasteiger partial charge in [0.1, 0.15) is 5.75 Å². The molecule has 0 radical (unpaired) electrons. The molecule has 0 saturated heterocycles. The van der Waals surface area contributed by atoms with Crippen LogP contribution in [0.4, 0.5) is 0 Å². The van der Waals surface area contributed by atoms with Gasteiger partial charge in [-0.15, -0.1) is 0 Å². The number of benzene rings is 1. The van der Waals surface area contributed by atoms with E-state index >= 15 is 0 Å². The fraction of sp³-hybridized carbons (Fsp3) is 0.364. The lowest BCUT2D eigenvalue weighted by Gasteiger charge is -2.24. The maximum atomic E-state index is 11.7. The Morgan fingerprint density at radius 2 is 2.27 bits per heavy atom. The number of halogens is 1. The highest BCUT2D eigenvalue weighted by Crippen LogP contribution is 2.35. The zero-order chi connectivity index (χ0) is 11.0. The molecule has 80 valence electrons. The molecule has 1 amide bonds. The lowest BCUT2D eigenvalue weighted by molar-refractivity contribution is 0.0941. The summed E-state index contributed by atoms with van der Waals surface area (Å²) >= 11 is 6.10. The SMILES string of the molecule is COc1ccc2c(c1Cl)C(=O)NCC2C. The third-order valence-corrected chi connectivity index (χ3v) is 3.06. The van der Waals surface area contributed by atoms with Crippen LogP contribution < -0.4 is 10.1 Å². The maximum Gasteiger partial charge on any atom is 0.253 e. The topological polar surface area (TPSA) is 38.3 Å². The van der Waals surface area contributed by atoms with Crippen molar-refractivity contribution in [2.75, 3.05) is 13.7 Å². The molecule has 1 aliphatic heterocycles. The summed E-state index contributed by atoms with van der Waals surface area (Å²) in [5, 5.41) is 3.20. The zero-order valence-electron chi connectivity index (χ0n) is 8.63.